The van der Waals surface area contributed by atoms with Gasteiger partial charge in [-0.15, -0.1) is 10.2 Å². The number of carbonyl (C=O) groups excluding carboxylic acids is 5. The summed E-state index contributed by atoms with van der Waals surface area (Å²) in [4.78, 5) is 75.8. The summed E-state index contributed by atoms with van der Waals surface area (Å²) >= 11 is 0. The van der Waals surface area contributed by atoms with Crippen molar-refractivity contribution in [2.75, 3.05) is 13.1 Å². The third-order valence-corrected chi connectivity index (χ3v) is 6.46. The Labute approximate surface area is 237 Å². The Kier molecular flexibility index (Phi) is 12.1. The predicted molar refractivity (Wildman–Crippen MR) is 141 cm³/mol. The molecule has 0 saturated carbocycles. The summed E-state index contributed by atoms with van der Waals surface area (Å²) in [5.74, 6) is -4.00. The molecule has 4 atom stereocenters. The van der Waals surface area contributed by atoms with E-state index in [9.17, 15) is 28.8 Å². The molecule has 16 heteroatoms. The summed E-state index contributed by atoms with van der Waals surface area (Å²) in [5.41, 5.74) is -0.313. The normalized spacial score (nSPS) is 18.2. The third kappa shape index (κ3) is 11.1. The summed E-state index contributed by atoms with van der Waals surface area (Å²) in [6.45, 7) is 8.65. The number of ether oxygens (including phenoxy) is 1. The van der Waals surface area contributed by atoms with Crippen molar-refractivity contribution in [2.24, 2.45) is 11.3 Å². The number of aromatic amines is 1. The van der Waals surface area contributed by atoms with E-state index in [1.165, 1.54) is 4.90 Å². The average molecular weight is 581 g/mol. The largest absolute Gasteiger partial charge is 0.481 e. The molecule has 0 spiro atoms. The molecule has 1 aromatic rings. The van der Waals surface area contributed by atoms with Crippen LogP contribution in [0.5, 0.6) is 0 Å². The first kappa shape index (κ1) is 33.1. The van der Waals surface area contributed by atoms with E-state index >= 15 is 0 Å². The maximum absolute atomic E-state index is 13.2. The third-order valence-electron chi connectivity index (χ3n) is 6.46. The van der Waals surface area contributed by atoms with Gasteiger partial charge >= 0.3 is 11.9 Å². The molecular weight excluding hydrogens is 540 g/mol. The van der Waals surface area contributed by atoms with Gasteiger partial charge in [-0.25, -0.2) is 0 Å². The SMILES string of the molecule is CC[C@H](C)[C@H](NC(=O)CCC(=O)O)C(=O)NCC(=O)N1C[C@H](OC(=O)CC(C)(C)C)C[C@H]1C(=O)NCc1nn[nH]n1. The van der Waals surface area contributed by atoms with E-state index in [1.807, 2.05) is 27.7 Å². The van der Waals surface area contributed by atoms with Crippen molar-refractivity contribution < 1.29 is 38.6 Å². The van der Waals surface area contributed by atoms with Crippen molar-refractivity contribution in [3.63, 3.8) is 0 Å². The number of carboxylic acids is 1. The summed E-state index contributed by atoms with van der Waals surface area (Å²) in [5, 5.41) is 29.7. The number of aromatic nitrogens is 4. The van der Waals surface area contributed by atoms with Crippen molar-refractivity contribution in [3.8, 4) is 0 Å². The van der Waals surface area contributed by atoms with Crippen LogP contribution in [0.4, 0.5) is 0 Å². The van der Waals surface area contributed by atoms with Gasteiger partial charge in [-0.1, -0.05) is 46.3 Å². The minimum absolute atomic E-state index is 0.0444. The fourth-order valence-corrected chi connectivity index (χ4v) is 4.15. The molecule has 0 aliphatic carbocycles. The Morgan fingerprint density at radius 1 is 1.15 bits per heavy atom. The van der Waals surface area contributed by atoms with E-state index in [0.29, 0.717) is 6.42 Å². The van der Waals surface area contributed by atoms with Gasteiger partial charge in [0.15, 0.2) is 5.82 Å². The van der Waals surface area contributed by atoms with E-state index in [1.54, 1.807) is 6.92 Å². The molecule has 2 rings (SSSR count). The van der Waals surface area contributed by atoms with Crippen molar-refractivity contribution in [3.05, 3.63) is 5.82 Å². The molecule has 1 fully saturated rings. The molecule has 0 aromatic carbocycles. The zero-order valence-electron chi connectivity index (χ0n) is 24.1. The molecule has 0 radical (unpaired) electrons. The number of hydrogen-bond donors (Lipinski definition) is 5. The van der Waals surface area contributed by atoms with Crippen LogP contribution in [0.2, 0.25) is 0 Å². The highest BCUT2D eigenvalue weighted by Gasteiger charge is 2.41. The van der Waals surface area contributed by atoms with Gasteiger partial charge in [-0.2, -0.15) is 5.21 Å². The number of rotatable bonds is 14. The molecule has 0 unspecified atom stereocenters. The number of carboxylic acid groups (broad SMARTS) is 1. The summed E-state index contributed by atoms with van der Waals surface area (Å²) in [6, 6.07) is -1.98. The lowest BCUT2D eigenvalue weighted by Crippen LogP contribution is -2.53. The van der Waals surface area contributed by atoms with E-state index in [-0.39, 0.29) is 55.9 Å². The van der Waals surface area contributed by atoms with Crippen LogP contribution in [0.1, 0.15) is 72.5 Å². The minimum Gasteiger partial charge on any atom is -0.481 e. The van der Waals surface area contributed by atoms with Gasteiger partial charge in [0, 0.05) is 12.8 Å². The molecular formula is C25H40N8O8. The Bertz CT molecular complexity index is 1090. The number of esters is 1. The maximum Gasteiger partial charge on any atom is 0.306 e. The molecule has 1 aromatic heterocycles. The Hall–Kier alpha value is -4.11. The number of nitrogens with zero attached hydrogens (tertiary/aromatic N) is 4. The monoisotopic (exact) mass is 580 g/mol. The first-order valence-corrected chi connectivity index (χ1v) is 13.5. The van der Waals surface area contributed by atoms with Gasteiger partial charge in [-0.05, 0) is 11.3 Å². The van der Waals surface area contributed by atoms with Gasteiger partial charge in [0.25, 0.3) is 0 Å². The number of likely N-dealkylation sites (tertiary alicyclic amines) is 1. The van der Waals surface area contributed by atoms with Crippen molar-refractivity contribution in [2.45, 2.75) is 91.5 Å². The van der Waals surface area contributed by atoms with Gasteiger partial charge in [0.05, 0.1) is 32.5 Å². The first-order valence-electron chi connectivity index (χ1n) is 13.5. The van der Waals surface area contributed by atoms with Crippen LogP contribution in [0.15, 0.2) is 0 Å². The molecule has 1 saturated heterocycles. The lowest BCUT2D eigenvalue weighted by atomic mass is 9.92. The Balaban J connectivity index is 2.07. The van der Waals surface area contributed by atoms with E-state index in [0.717, 1.165) is 0 Å². The van der Waals surface area contributed by atoms with E-state index < -0.39 is 60.3 Å². The second kappa shape index (κ2) is 15.0. The highest BCUT2D eigenvalue weighted by molar-refractivity contribution is 5.93. The molecule has 228 valence electrons. The molecule has 1 aliphatic heterocycles. The zero-order valence-corrected chi connectivity index (χ0v) is 24.1. The molecule has 4 amide bonds. The smallest absolute Gasteiger partial charge is 0.306 e. The zero-order chi connectivity index (χ0) is 30.7. The average Bonchev–Trinajstić information content (AvgIpc) is 3.56. The lowest BCUT2D eigenvalue weighted by Gasteiger charge is -2.26. The summed E-state index contributed by atoms with van der Waals surface area (Å²) in [7, 11) is 0. The second-order valence-corrected chi connectivity index (χ2v) is 11.2. The van der Waals surface area contributed by atoms with Crippen LogP contribution >= 0.6 is 0 Å². The van der Waals surface area contributed by atoms with Crippen molar-refractivity contribution in [1.29, 1.82) is 0 Å². The number of amides is 4. The quantitative estimate of drug-likeness (QED) is 0.172. The highest BCUT2D eigenvalue weighted by atomic mass is 16.5. The number of aliphatic carboxylic acids is 1. The van der Waals surface area contributed by atoms with Gasteiger partial charge < -0.3 is 30.7 Å². The standard InChI is InChI=1S/C25H40N8O8/c1-6-14(2)22(28-18(34)7-8-20(36)37)24(40)27-12-19(35)33-13-15(41-21(38)10-25(3,4)5)9-16(33)23(39)26-11-17-29-31-32-30-17/h14-16,22H,6-13H2,1-5H3,(H,26,39)(H,27,40)(H,28,34)(H,36,37)(H,29,30,31,32)/t14-,15+,16-,22-/m0/s1. The van der Waals surface area contributed by atoms with Crippen LogP contribution in [-0.4, -0.2) is 97.5 Å². The number of carbonyl (C=O) groups is 6. The van der Waals surface area contributed by atoms with E-state index in [4.69, 9.17) is 9.84 Å². The van der Waals surface area contributed by atoms with E-state index in [2.05, 4.69) is 36.6 Å². The molecule has 0 bridgehead atoms. The molecule has 1 aliphatic rings. The Morgan fingerprint density at radius 2 is 1.85 bits per heavy atom. The minimum atomic E-state index is -1.14. The fraction of sp³-hybridized carbons (Fsp3) is 0.720. The van der Waals surface area contributed by atoms with Crippen LogP contribution < -0.4 is 16.0 Å². The van der Waals surface area contributed by atoms with Crippen LogP contribution in [0.25, 0.3) is 0 Å². The van der Waals surface area contributed by atoms with Gasteiger partial charge in [0.1, 0.15) is 18.2 Å². The van der Waals surface area contributed by atoms with Gasteiger partial charge in [-0.3, -0.25) is 28.8 Å². The molecule has 16 nitrogen and oxygen atoms in total. The van der Waals surface area contributed by atoms with Crippen molar-refractivity contribution >= 4 is 35.6 Å². The van der Waals surface area contributed by atoms with Crippen LogP contribution in [-0.2, 0) is 40.0 Å². The maximum atomic E-state index is 13.2. The number of tetrazole rings is 1. The number of nitrogens with one attached hydrogen (secondary N) is 4. The topological polar surface area (TPSA) is 226 Å². The van der Waals surface area contributed by atoms with Gasteiger partial charge in [0.2, 0.25) is 23.6 Å². The first-order chi connectivity index (χ1) is 19.2. The molecule has 2 heterocycles. The second-order valence-electron chi connectivity index (χ2n) is 11.2. The highest BCUT2D eigenvalue weighted by Crippen LogP contribution is 2.24. The molecule has 5 N–H and O–H groups in total. The fourth-order valence-electron chi connectivity index (χ4n) is 4.15. The predicted octanol–water partition coefficient (Wildman–Crippen LogP) is -0.723. The Morgan fingerprint density at radius 3 is 2.44 bits per heavy atom. The number of hydrogen-bond acceptors (Lipinski definition) is 10. The lowest BCUT2D eigenvalue weighted by molar-refractivity contribution is -0.151. The van der Waals surface area contributed by atoms with Crippen molar-refractivity contribution in [1.82, 2.24) is 41.5 Å². The molecule has 41 heavy (non-hydrogen) atoms. The van der Waals surface area contributed by atoms with Crippen LogP contribution in [0.3, 0.4) is 0 Å². The summed E-state index contributed by atoms with van der Waals surface area (Å²) in [6.07, 6.45) is -0.669. The van der Waals surface area contributed by atoms with Crippen LogP contribution in [0, 0.1) is 11.3 Å². The number of H-pyrrole nitrogens is 1. The summed E-state index contributed by atoms with van der Waals surface area (Å²) < 4.78 is 5.56.